The zero-order valence-corrected chi connectivity index (χ0v) is 24.4. The largest absolute Gasteiger partial charge is 0.396 e. The molecule has 1 amide bonds. The molecule has 3 aliphatic rings. The average molecular weight is 615 g/mol. The molecule has 1 unspecified atom stereocenters. The van der Waals surface area contributed by atoms with Crippen molar-refractivity contribution in [3.8, 4) is 0 Å². The number of fused-ring (bicyclic) bond motifs is 1. The Hall–Kier alpha value is -3.22. The second kappa shape index (κ2) is 11.0. The zero-order valence-electron chi connectivity index (χ0n) is 23.6. The molecule has 3 aromatic rings. The summed E-state index contributed by atoms with van der Waals surface area (Å²) in [6.45, 7) is 1.66. The first-order chi connectivity index (χ1) is 20.5. The Morgan fingerprint density at radius 1 is 1.19 bits per heavy atom. The van der Waals surface area contributed by atoms with E-state index in [0.29, 0.717) is 16.3 Å². The number of hydrogen-bond acceptors (Lipinski definition) is 8. The number of aliphatic hydroxyl groups excluding tert-OH is 1. The number of aromatic nitrogens is 2. The van der Waals surface area contributed by atoms with Crippen molar-refractivity contribution in [3.05, 3.63) is 87.7 Å². The van der Waals surface area contributed by atoms with E-state index in [-0.39, 0.29) is 74.4 Å². The van der Waals surface area contributed by atoms with Crippen molar-refractivity contribution in [2.24, 2.45) is 0 Å². The summed E-state index contributed by atoms with van der Waals surface area (Å²) in [5.74, 6) is -1.25. The number of rotatable bonds is 8. The van der Waals surface area contributed by atoms with E-state index in [0.717, 1.165) is 6.07 Å². The van der Waals surface area contributed by atoms with Gasteiger partial charge in [-0.15, -0.1) is 0 Å². The number of halogens is 3. The first-order valence-electron chi connectivity index (χ1n) is 14.3. The van der Waals surface area contributed by atoms with E-state index >= 15 is 8.78 Å². The zero-order chi connectivity index (χ0) is 30.6. The van der Waals surface area contributed by atoms with Crippen LogP contribution in [0.25, 0.3) is 0 Å². The Bertz CT molecular complexity index is 1520. The number of nitrogens with zero attached hydrogens (tertiary/aromatic N) is 3. The first-order valence-corrected chi connectivity index (χ1v) is 14.7. The van der Waals surface area contributed by atoms with E-state index in [9.17, 15) is 15.0 Å². The molecule has 2 fully saturated rings. The van der Waals surface area contributed by atoms with Gasteiger partial charge < -0.3 is 25.4 Å². The number of nitrogen functional groups attached to an aromatic ring is 1. The Kier molecular flexibility index (Phi) is 7.67. The second-order valence-corrected chi connectivity index (χ2v) is 11.9. The second-order valence-electron chi connectivity index (χ2n) is 11.5. The van der Waals surface area contributed by atoms with Gasteiger partial charge in [0.05, 0.1) is 48.0 Å². The lowest BCUT2D eigenvalue weighted by Gasteiger charge is -2.45. The predicted molar refractivity (Wildman–Crippen MR) is 153 cm³/mol. The van der Waals surface area contributed by atoms with Gasteiger partial charge in [-0.2, -0.15) is 0 Å². The molecule has 2 atom stereocenters. The van der Waals surface area contributed by atoms with Crippen LogP contribution in [-0.2, 0) is 27.3 Å². The SMILES string of the molecule is CCC(O)(c1cc(F)c2c(c1)C(=O)N(Cc1ncc(N)cn1)[C@@]2(O[C@H]1C[C@@H](O)C1)c1ccc(Cl)cc1)C1(F)CCOCC1. The van der Waals surface area contributed by atoms with Crippen LogP contribution in [0.2, 0.25) is 5.02 Å². The Labute approximate surface area is 252 Å². The van der Waals surface area contributed by atoms with E-state index in [4.69, 9.17) is 26.8 Å². The monoisotopic (exact) mass is 614 g/mol. The maximum atomic E-state index is 16.7. The molecule has 1 saturated heterocycles. The normalized spacial score (nSPS) is 26.1. The number of alkyl halides is 1. The van der Waals surface area contributed by atoms with Crippen LogP contribution in [0.15, 0.2) is 48.8 Å². The minimum Gasteiger partial charge on any atom is -0.396 e. The van der Waals surface area contributed by atoms with Crippen LogP contribution in [0.5, 0.6) is 0 Å². The quantitative estimate of drug-likeness (QED) is 0.341. The summed E-state index contributed by atoms with van der Waals surface area (Å²) in [5.41, 5.74) is 0.316. The minimum absolute atomic E-state index is 0.0429. The molecule has 9 nitrogen and oxygen atoms in total. The Balaban J connectivity index is 1.56. The van der Waals surface area contributed by atoms with Crippen LogP contribution < -0.4 is 5.73 Å². The summed E-state index contributed by atoms with van der Waals surface area (Å²) in [7, 11) is 0. The van der Waals surface area contributed by atoms with E-state index in [2.05, 4.69) is 9.97 Å². The number of aliphatic hydroxyl groups is 2. The lowest BCUT2D eigenvalue weighted by atomic mass is 9.72. The van der Waals surface area contributed by atoms with Crippen molar-refractivity contribution in [2.45, 2.75) is 74.8 Å². The first kappa shape index (κ1) is 29.8. The number of carbonyl (C=O) groups excluding carboxylic acids is 1. The van der Waals surface area contributed by atoms with Gasteiger partial charge in [0.25, 0.3) is 5.91 Å². The van der Waals surface area contributed by atoms with Gasteiger partial charge in [0.1, 0.15) is 22.9 Å². The van der Waals surface area contributed by atoms with Gasteiger partial charge in [-0.3, -0.25) is 9.69 Å². The molecule has 43 heavy (non-hydrogen) atoms. The molecule has 1 aliphatic carbocycles. The van der Waals surface area contributed by atoms with Crippen LogP contribution in [-0.4, -0.2) is 62.1 Å². The third-order valence-electron chi connectivity index (χ3n) is 8.97. The molecule has 0 radical (unpaired) electrons. The third-order valence-corrected chi connectivity index (χ3v) is 9.22. The molecule has 6 rings (SSSR count). The van der Waals surface area contributed by atoms with Crippen LogP contribution in [0, 0.1) is 5.82 Å². The minimum atomic E-state index is -2.09. The summed E-state index contributed by atoms with van der Waals surface area (Å²) >= 11 is 6.21. The van der Waals surface area contributed by atoms with Crippen molar-refractivity contribution < 1.29 is 33.3 Å². The fourth-order valence-electron chi connectivity index (χ4n) is 6.48. The highest BCUT2D eigenvalue weighted by Crippen LogP contribution is 2.52. The number of carbonyl (C=O) groups is 1. The molecule has 2 aromatic carbocycles. The molecule has 12 heteroatoms. The molecule has 4 N–H and O–H groups in total. The number of ether oxygens (including phenoxy) is 2. The molecular formula is C31H33ClF2N4O5. The van der Waals surface area contributed by atoms with Crippen LogP contribution in [0.3, 0.4) is 0 Å². The molecule has 1 saturated carbocycles. The van der Waals surface area contributed by atoms with E-state index in [1.165, 1.54) is 23.4 Å². The predicted octanol–water partition coefficient (Wildman–Crippen LogP) is 4.36. The van der Waals surface area contributed by atoms with E-state index in [1.54, 1.807) is 31.2 Å². The number of benzene rings is 2. The molecule has 3 heterocycles. The summed E-state index contributed by atoms with van der Waals surface area (Å²) in [6, 6.07) is 8.97. The van der Waals surface area contributed by atoms with Gasteiger partial charge >= 0.3 is 0 Å². The number of amides is 1. The fourth-order valence-corrected chi connectivity index (χ4v) is 6.61. The van der Waals surface area contributed by atoms with Crippen molar-refractivity contribution in [1.29, 1.82) is 0 Å². The van der Waals surface area contributed by atoms with Crippen molar-refractivity contribution >= 4 is 23.2 Å². The van der Waals surface area contributed by atoms with Gasteiger partial charge in [0.2, 0.25) is 5.72 Å². The standard InChI is InChI=1S/C31H33ClF2N4O5/c1-2-30(41,29(34)7-9-42-10-8-29)19-11-24-27(25(33)12-19)31(43-23-13-22(39)14-23,18-3-5-20(32)6-4-18)38(28(24)40)17-26-36-15-21(35)16-37-26/h3-6,11-12,15-16,22-23,39,41H,2,7-10,13-14,17,35H2,1H3/t22-,23+,30?,31-/m1/s1. The summed E-state index contributed by atoms with van der Waals surface area (Å²) in [4.78, 5) is 24.2. The molecule has 0 bridgehead atoms. The van der Waals surface area contributed by atoms with Gasteiger partial charge in [-0.25, -0.2) is 18.7 Å². The Morgan fingerprint density at radius 3 is 2.44 bits per heavy atom. The van der Waals surface area contributed by atoms with Gasteiger partial charge in [0.15, 0.2) is 0 Å². The fraction of sp³-hybridized carbons (Fsp3) is 0.452. The summed E-state index contributed by atoms with van der Waals surface area (Å²) in [5, 5.41) is 22.3. The molecule has 2 aliphatic heterocycles. The highest BCUT2D eigenvalue weighted by atomic mass is 35.5. The lowest BCUT2D eigenvalue weighted by Crippen LogP contribution is -2.52. The third kappa shape index (κ3) is 4.87. The molecular weight excluding hydrogens is 582 g/mol. The van der Waals surface area contributed by atoms with Gasteiger partial charge in [0, 0.05) is 36.6 Å². The Morgan fingerprint density at radius 2 is 1.84 bits per heavy atom. The number of hydrogen-bond donors (Lipinski definition) is 3. The lowest BCUT2D eigenvalue weighted by molar-refractivity contribution is -0.191. The average Bonchev–Trinajstić information content (AvgIpc) is 3.21. The van der Waals surface area contributed by atoms with E-state index in [1.807, 2.05) is 0 Å². The molecule has 228 valence electrons. The van der Waals surface area contributed by atoms with Crippen molar-refractivity contribution in [1.82, 2.24) is 14.9 Å². The van der Waals surface area contributed by atoms with Crippen LogP contribution in [0.4, 0.5) is 14.5 Å². The van der Waals surface area contributed by atoms with Crippen LogP contribution in [0.1, 0.15) is 71.9 Å². The van der Waals surface area contributed by atoms with Crippen molar-refractivity contribution in [3.63, 3.8) is 0 Å². The maximum absolute atomic E-state index is 16.7. The maximum Gasteiger partial charge on any atom is 0.257 e. The highest BCUT2D eigenvalue weighted by molar-refractivity contribution is 6.30. The molecule has 1 aromatic heterocycles. The van der Waals surface area contributed by atoms with Crippen LogP contribution >= 0.6 is 11.6 Å². The highest BCUT2D eigenvalue weighted by Gasteiger charge is 2.58. The summed E-state index contributed by atoms with van der Waals surface area (Å²) in [6.07, 6.45) is 2.05. The van der Waals surface area contributed by atoms with Crippen molar-refractivity contribution in [2.75, 3.05) is 18.9 Å². The van der Waals surface area contributed by atoms with Gasteiger partial charge in [-0.1, -0.05) is 30.7 Å². The smallest absolute Gasteiger partial charge is 0.257 e. The number of nitrogens with two attached hydrogens (primary N) is 1. The van der Waals surface area contributed by atoms with Gasteiger partial charge in [-0.05, 0) is 49.1 Å². The topological polar surface area (TPSA) is 131 Å². The molecule has 0 spiro atoms. The van der Waals surface area contributed by atoms with E-state index < -0.39 is 40.9 Å². The number of anilines is 1. The summed E-state index contributed by atoms with van der Waals surface area (Å²) < 4.78 is 45.0.